The number of nitrogens with one attached hydrogen (secondary N) is 2. The summed E-state index contributed by atoms with van der Waals surface area (Å²) in [6.07, 6.45) is 0. The number of aromatic amines is 1. The Bertz CT molecular complexity index is 1280. The second-order valence-electron chi connectivity index (χ2n) is 6.51. The fraction of sp³-hybridized carbons (Fsp3) is 0.100. The van der Waals surface area contributed by atoms with Crippen molar-refractivity contribution in [2.24, 2.45) is 0 Å². The predicted octanol–water partition coefficient (Wildman–Crippen LogP) is 5.11. The van der Waals surface area contributed by atoms with Crippen LogP contribution in [0.1, 0.15) is 11.5 Å². The molecule has 0 fully saturated rings. The van der Waals surface area contributed by atoms with Gasteiger partial charge in [-0.3, -0.25) is 0 Å². The highest BCUT2D eigenvalue weighted by atomic mass is 79.9. The van der Waals surface area contributed by atoms with E-state index < -0.39 is 0 Å². The zero-order chi connectivity index (χ0) is 19.8. The minimum absolute atomic E-state index is 0.566. The second kappa shape index (κ2) is 7.49. The zero-order valence-electron chi connectivity index (χ0n) is 15.4. The normalized spacial score (nSPS) is 11.4. The molecule has 2 N–H and O–H groups in total. The van der Waals surface area contributed by atoms with Crippen LogP contribution < -0.4 is 5.32 Å². The van der Waals surface area contributed by atoms with E-state index in [9.17, 15) is 0 Å². The molecule has 5 rings (SSSR count). The van der Waals surface area contributed by atoms with Gasteiger partial charge in [0.15, 0.2) is 0 Å². The third kappa shape index (κ3) is 3.83. The minimum atomic E-state index is 0.566. The smallest absolute Gasteiger partial charge is 0.255 e. The van der Waals surface area contributed by atoms with Crippen LogP contribution in [0.25, 0.3) is 16.8 Å². The number of rotatable bonds is 5. The zero-order valence-corrected chi connectivity index (χ0v) is 17.8. The summed E-state index contributed by atoms with van der Waals surface area (Å²) >= 11 is 4.98. The molecule has 29 heavy (non-hydrogen) atoms. The van der Waals surface area contributed by atoms with Crippen molar-refractivity contribution < 1.29 is 0 Å². The summed E-state index contributed by atoms with van der Waals surface area (Å²) in [5, 5.41) is 8.68. The van der Waals surface area contributed by atoms with Crippen molar-refractivity contribution >= 4 is 56.0 Å². The number of thioether (sulfide) groups is 1. The molecule has 0 aliphatic carbocycles. The lowest BCUT2D eigenvalue weighted by atomic mass is 10.3. The van der Waals surface area contributed by atoms with Crippen LogP contribution in [0.4, 0.5) is 11.5 Å². The molecule has 0 atom stereocenters. The molecule has 0 unspecified atom stereocenters. The molecule has 0 amide bonds. The lowest BCUT2D eigenvalue weighted by Gasteiger charge is -2.08. The van der Waals surface area contributed by atoms with E-state index in [4.69, 9.17) is 0 Å². The van der Waals surface area contributed by atoms with Crippen molar-refractivity contribution in [3.8, 4) is 0 Å². The second-order valence-corrected chi connectivity index (χ2v) is 8.37. The summed E-state index contributed by atoms with van der Waals surface area (Å²) in [5.74, 6) is 2.93. The monoisotopic (exact) mass is 465 g/mol. The molecule has 0 aliphatic heterocycles. The van der Waals surface area contributed by atoms with Gasteiger partial charge in [0.2, 0.25) is 5.16 Å². The van der Waals surface area contributed by atoms with Crippen LogP contribution in [-0.2, 0) is 5.75 Å². The highest BCUT2D eigenvalue weighted by molar-refractivity contribution is 9.10. The maximum atomic E-state index is 4.63. The number of nitrogens with zero attached hydrogens (tertiary/aromatic N) is 5. The van der Waals surface area contributed by atoms with Gasteiger partial charge in [-0.05, 0) is 43.3 Å². The van der Waals surface area contributed by atoms with Crippen molar-refractivity contribution in [3.63, 3.8) is 0 Å². The predicted molar refractivity (Wildman–Crippen MR) is 119 cm³/mol. The molecule has 144 valence electrons. The summed E-state index contributed by atoms with van der Waals surface area (Å²) in [7, 11) is 0. The van der Waals surface area contributed by atoms with Crippen LogP contribution >= 0.6 is 27.7 Å². The van der Waals surface area contributed by atoms with Gasteiger partial charge in [-0.2, -0.15) is 9.50 Å². The lowest BCUT2D eigenvalue weighted by molar-refractivity contribution is 0.881. The van der Waals surface area contributed by atoms with E-state index in [1.54, 1.807) is 4.52 Å². The van der Waals surface area contributed by atoms with E-state index in [2.05, 4.69) is 46.3 Å². The van der Waals surface area contributed by atoms with Crippen molar-refractivity contribution in [1.29, 1.82) is 0 Å². The molecule has 0 bridgehead atoms. The fourth-order valence-electron chi connectivity index (χ4n) is 3.01. The van der Waals surface area contributed by atoms with Gasteiger partial charge in [0.05, 0.1) is 16.8 Å². The number of aryl methyl sites for hydroxylation is 1. The molecular weight excluding hydrogens is 450 g/mol. The first-order valence-electron chi connectivity index (χ1n) is 8.97. The Kier molecular flexibility index (Phi) is 4.69. The first kappa shape index (κ1) is 18.1. The maximum Gasteiger partial charge on any atom is 0.255 e. The number of hydrogen-bond donors (Lipinski definition) is 2. The number of halogens is 1. The molecule has 0 saturated heterocycles. The quantitative estimate of drug-likeness (QED) is 0.351. The molecule has 3 aromatic heterocycles. The van der Waals surface area contributed by atoms with Gasteiger partial charge in [0, 0.05) is 21.9 Å². The van der Waals surface area contributed by atoms with Gasteiger partial charge in [-0.25, -0.2) is 9.97 Å². The Morgan fingerprint density at radius 3 is 2.72 bits per heavy atom. The van der Waals surface area contributed by atoms with Crippen molar-refractivity contribution in [3.05, 3.63) is 70.6 Å². The molecule has 0 radical (unpaired) electrons. The van der Waals surface area contributed by atoms with Gasteiger partial charge in [-0.1, -0.05) is 39.8 Å². The molecular formula is C20H16BrN7S. The number of H-pyrrole nitrogens is 1. The van der Waals surface area contributed by atoms with E-state index in [0.717, 1.165) is 38.5 Å². The van der Waals surface area contributed by atoms with Crippen LogP contribution in [0.5, 0.6) is 0 Å². The molecule has 5 aromatic rings. The summed E-state index contributed by atoms with van der Waals surface area (Å²) in [6.45, 7) is 1.95. The average Bonchev–Trinajstić information content (AvgIpc) is 3.31. The van der Waals surface area contributed by atoms with Gasteiger partial charge in [-0.15, -0.1) is 5.10 Å². The first-order valence-corrected chi connectivity index (χ1v) is 10.8. The average molecular weight is 466 g/mol. The number of imidazole rings is 1. The third-order valence-electron chi connectivity index (χ3n) is 4.31. The standard InChI is InChI=1S/C20H16BrN7S/c1-12-10-18(23-14-8-6-13(21)7-9-14)28-19(22-12)26-20(27-28)29-11-17-24-15-4-2-3-5-16(15)25-17/h2-10,23H,11H2,1H3,(H,24,25). The molecule has 0 saturated carbocycles. The van der Waals surface area contributed by atoms with Crippen LogP contribution in [0.15, 0.2) is 64.2 Å². The molecule has 2 aromatic carbocycles. The van der Waals surface area contributed by atoms with Crippen molar-refractivity contribution in [1.82, 2.24) is 29.5 Å². The number of benzene rings is 2. The van der Waals surface area contributed by atoms with Gasteiger partial charge >= 0.3 is 0 Å². The maximum absolute atomic E-state index is 4.63. The number of aromatic nitrogens is 6. The largest absolute Gasteiger partial charge is 0.341 e. The first-order chi connectivity index (χ1) is 14.1. The van der Waals surface area contributed by atoms with Crippen LogP contribution in [0, 0.1) is 6.92 Å². The topological polar surface area (TPSA) is 83.8 Å². The Labute approximate surface area is 179 Å². The van der Waals surface area contributed by atoms with Gasteiger partial charge in [0.1, 0.15) is 11.6 Å². The summed E-state index contributed by atoms with van der Waals surface area (Å²) in [4.78, 5) is 17.0. The third-order valence-corrected chi connectivity index (χ3v) is 5.69. The Morgan fingerprint density at radius 1 is 1.07 bits per heavy atom. The fourth-order valence-corrected chi connectivity index (χ4v) is 3.96. The van der Waals surface area contributed by atoms with Crippen LogP contribution in [-0.4, -0.2) is 29.5 Å². The van der Waals surface area contributed by atoms with Crippen LogP contribution in [0.2, 0.25) is 0 Å². The Morgan fingerprint density at radius 2 is 1.90 bits per heavy atom. The highest BCUT2D eigenvalue weighted by Gasteiger charge is 2.12. The molecule has 0 aliphatic rings. The van der Waals surface area contributed by atoms with E-state index in [1.807, 2.05) is 61.5 Å². The van der Waals surface area contributed by atoms with Gasteiger partial charge < -0.3 is 10.3 Å². The molecule has 9 heteroatoms. The van der Waals surface area contributed by atoms with E-state index >= 15 is 0 Å². The SMILES string of the molecule is Cc1cc(Nc2ccc(Br)cc2)n2nc(SCc3nc4ccccc4[nH]3)nc2n1. The Hall–Kier alpha value is -2.91. The van der Waals surface area contributed by atoms with E-state index in [-0.39, 0.29) is 0 Å². The van der Waals surface area contributed by atoms with E-state index in [1.165, 1.54) is 11.8 Å². The number of anilines is 2. The number of fused-ring (bicyclic) bond motifs is 2. The van der Waals surface area contributed by atoms with Crippen molar-refractivity contribution in [2.75, 3.05) is 5.32 Å². The van der Waals surface area contributed by atoms with Crippen molar-refractivity contribution in [2.45, 2.75) is 17.8 Å². The molecule has 7 nitrogen and oxygen atoms in total. The highest BCUT2D eigenvalue weighted by Crippen LogP contribution is 2.24. The van der Waals surface area contributed by atoms with E-state index in [0.29, 0.717) is 16.7 Å². The summed E-state index contributed by atoms with van der Waals surface area (Å²) in [5.41, 5.74) is 3.83. The molecule has 3 heterocycles. The van der Waals surface area contributed by atoms with Crippen LogP contribution in [0.3, 0.4) is 0 Å². The van der Waals surface area contributed by atoms with Gasteiger partial charge in [0.25, 0.3) is 5.78 Å². The number of hydrogen-bond acceptors (Lipinski definition) is 6. The Balaban J connectivity index is 1.41. The summed E-state index contributed by atoms with van der Waals surface area (Å²) < 4.78 is 2.76. The lowest BCUT2D eigenvalue weighted by Crippen LogP contribution is -2.02. The minimum Gasteiger partial charge on any atom is -0.341 e. The summed E-state index contributed by atoms with van der Waals surface area (Å²) in [6, 6.07) is 17.9. The number of para-hydroxylation sites is 2. The molecule has 0 spiro atoms.